The molecule has 16 heavy (non-hydrogen) atoms. The molecule has 3 nitrogen and oxygen atoms in total. The first-order valence-electron chi connectivity index (χ1n) is 6.89. The smallest absolute Gasteiger partial charge is 0.0637 e. The Labute approximate surface area is 98.5 Å². The van der Waals surface area contributed by atoms with Gasteiger partial charge < -0.3 is 10.1 Å². The van der Waals surface area contributed by atoms with Crippen LogP contribution < -0.4 is 5.32 Å². The highest BCUT2D eigenvalue weighted by Crippen LogP contribution is 2.37. The predicted octanol–water partition coefficient (Wildman–Crippen LogP) is 1.24. The molecule has 0 bridgehead atoms. The summed E-state index contributed by atoms with van der Waals surface area (Å²) >= 11 is 0. The maximum absolute atomic E-state index is 5.69. The number of hydrogen-bond donors (Lipinski definition) is 1. The predicted molar refractivity (Wildman–Crippen MR) is 64.5 cm³/mol. The van der Waals surface area contributed by atoms with Crippen molar-refractivity contribution < 1.29 is 4.74 Å². The second-order valence-electron chi connectivity index (χ2n) is 5.70. The molecule has 0 spiro atoms. The zero-order valence-corrected chi connectivity index (χ0v) is 10.3. The molecule has 0 aromatic heterocycles. The van der Waals surface area contributed by atoms with Crippen LogP contribution in [0.1, 0.15) is 32.1 Å². The molecule has 1 aliphatic heterocycles. The van der Waals surface area contributed by atoms with Gasteiger partial charge >= 0.3 is 0 Å². The van der Waals surface area contributed by atoms with Crippen LogP contribution >= 0.6 is 0 Å². The van der Waals surface area contributed by atoms with E-state index in [1.54, 1.807) is 0 Å². The quantitative estimate of drug-likeness (QED) is 0.760. The molecule has 1 N–H and O–H groups in total. The molecule has 2 saturated carbocycles. The van der Waals surface area contributed by atoms with Gasteiger partial charge in [0.25, 0.3) is 0 Å². The number of rotatable bonds is 5. The third-order valence-electron chi connectivity index (χ3n) is 4.30. The minimum Gasteiger partial charge on any atom is -0.380 e. The van der Waals surface area contributed by atoms with Crippen LogP contribution in [-0.4, -0.2) is 49.8 Å². The zero-order chi connectivity index (χ0) is 11.0. The molecule has 2 unspecified atom stereocenters. The van der Waals surface area contributed by atoms with Gasteiger partial charge in [-0.3, -0.25) is 4.90 Å². The average molecular weight is 224 g/mol. The van der Waals surface area contributed by atoms with Crippen molar-refractivity contribution in [3.63, 3.8) is 0 Å². The molecular weight excluding hydrogens is 200 g/mol. The van der Waals surface area contributed by atoms with Gasteiger partial charge in [-0.1, -0.05) is 0 Å². The van der Waals surface area contributed by atoms with E-state index in [2.05, 4.69) is 17.3 Å². The summed E-state index contributed by atoms with van der Waals surface area (Å²) in [5.41, 5.74) is 0. The second kappa shape index (κ2) is 4.63. The van der Waals surface area contributed by atoms with Crippen LogP contribution in [0.2, 0.25) is 0 Å². The van der Waals surface area contributed by atoms with Crippen LogP contribution in [0, 0.1) is 5.92 Å². The highest BCUT2D eigenvalue weighted by Gasteiger charge is 2.40. The van der Waals surface area contributed by atoms with Crippen molar-refractivity contribution >= 4 is 0 Å². The summed E-state index contributed by atoms with van der Waals surface area (Å²) in [6, 6.07) is 2.16. The molecule has 92 valence electrons. The Morgan fingerprint density at radius 3 is 2.62 bits per heavy atom. The molecule has 3 heteroatoms. The van der Waals surface area contributed by atoms with Gasteiger partial charge in [-0.05, 0) is 45.1 Å². The largest absolute Gasteiger partial charge is 0.380 e. The third kappa shape index (κ3) is 2.41. The maximum Gasteiger partial charge on any atom is 0.0637 e. The molecule has 2 atom stereocenters. The van der Waals surface area contributed by atoms with Crippen LogP contribution in [0.4, 0.5) is 0 Å². The van der Waals surface area contributed by atoms with E-state index in [1.165, 1.54) is 38.6 Å². The van der Waals surface area contributed by atoms with E-state index in [9.17, 15) is 0 Å². The van der Waals surface area contributed by atoms with E-state index in [-0.39, 0.29) is 0 Å². The van der Waals surface area contributed by atoms with E-state index in [0.717, 1.165) is 25.2 Å². The molecule has 0 aromatic rings. The number of ether oxygens (including phenoxy) is 1. The Morgan fingerprint density at radius 1 is 1.19 bits per heavy atom. The molecule has 3 fully saturated rings. The molecular formula is C13H24N2O. The van der Waals surface area contributed by atoms with Crippen molar-refractivity contribution in [2.45, 2.75) is 50.2 Å². The zero-order valence-electron chi connectivity index (χ0n) is 10.3. The highest BCUT2D eigenvalue weighted by molar-refractivity contribution is 4.96. The van der Waals surface area contributed by atoms with Crippen molar-refractivity contribution in [2.75, 3.05) is 26.8 Å². The van der Waals surface area contributed by atoms with E-state index >= 15 is 0 Å². The van der Waals surface area contributed by atoms with E-state index in [4.69, 9.17) is 4.74 Å². The summed E-state index contributed by atoms with van der Waals surface area (Å²) in [4.78, 5) is 2.76. The number of hydrogen-bond acceptors (Lipinski definition) is 3. The number of nitrogens with zero attached hydrogens (tertiary/aromatic N) is 1. The van der Waals surface area contributed by atoms with Crippen molar-refractivity contribution in [3.8, 4) is 0 Å². The van der Waals surface area contributed by atoms with Crippen LogP contribution in [0.25, 0.3) is 0 Å². The fraction of sp³-hybridized carbons (Fsp3) is 1.00. The second-order valence-corrected chi connectivity index (χ2v) is 5.70. The normalized spacial score (nSPS) is 35.6. The summed E-state index contributed by atoms with van der Waals surface area (Å²) < 4.78 is 5.69. The third-order valence-corrected chi connectivity index (χ3v) is 4.30. The lowest BCUT2D eigenvalue weighted by Crippen LogP contribution is -2.55. The summed E-state index contributed by atoms with van der Waals surface area (Å²) in [5.74, 6) is 1.00. The van der Waals surface area contributed by atoms with Crippen LogP contribution in [-0.2, 0) is 4.74 Å². The van der Waals surface area contributed by atoms with Crippen molar-refractivity contribution in [1.82, 2.24) is 10.2 Å². The fourth-order valence-electron chi connectivity index (χ4n) is 2.95. The Morgan fingerprint density at radius 2 is 2.00 bits per heavy atom. The average Bonchev–Trinajstić information content (AvgIpc) is 3.16. The topological polar surface area (TPSA) is 24.5 Å². The lowest BCUT2D eigenvalue weighted by molar-refractivity contribution is -0.00658. The Kier molecular flexibility index (Phi) is 3.18. The van der Waals surface area contributed by atoms with Gasteiger partial charge in [-0.15, -0.1) is 0 Å². The van der Waals surface area contributed by atoms with Gasteiger partial charge in [0.2, 0.25) is 0 Å². The van der Waals surface area contributed by atoms with Gasteiger partial charge in [-0.2, -0.15) is 0 Å². The summed E-state index contributed by atoms with van der Waals surface area (Å²) in [5, 5.41) is 3.49. The van der Waals surface area contributed by atoms with Crippen LogP contribution in [0.15, 0.2) is 0 Å². The van der Waals surface area contributed by atoms with Gasteiger partial charge in [0.15, 0.2) is 0 Å². The first-order chi connectivity index (χ1) is 7.88. The number of likely N-dealkylation sites (N-methyl/N-ethyl adjacent to an activating group) is 1. The SMILES string of the molecule is CNC1CCOCC1N(CC1CC1)C1CC1. The Hall–Kier alpha value is -0.120. The van der Waals surface area contributed by atoms with Crippen molar-refractivity contribution in [3.05, 3.63) is 0 Å². The lowest BCUT2D eigenvalue weighted by atomic mass is 10.0. The van der Waals surface area contributed by atoms with E-state index in [1.807, 2.05) is 0 Å². The summed E-state index contributed by atoms with van der Waals surface area (Å²) in [6.45, 7) is 3.20. The lowest BCUT2D eigenvalue weighted by Gasteiger charge is -2.40. The van der Waals surface area contributed by atoms with Gasteiger partial charge in [-0.25, -0.2) is 0 Å². The standard InChI is InChI=1S/C13H24N2O/c1-14-12-6-7-16-9-13(12)15(11-4-5-11)8-10-2-3-10/h10-14H,2-9H2,1H3. The minimum atomic E-state index is 0.631. The highest BCUT2D eigenvalue weighted by atomic mass is 16.5. The maximum atomic E-state index is 5.69. The van der Waals surface area contributed by atoms with Crippen molar-refractivity contribution in [2.24, 2.45) is 5.92 Å². The fourth-order valence-corrected chi connectivity index (χ4v) is 2.95. The Balaban J connectivity index is 1.64. The van der Waals surface area contributed by atoms with Gasteiger partial charge in [0, 0.05) is 31.3 Å². The number of nitrogens with one attached hydrogen (secondary N) is 1. The summed E-state index contributed by atoms with van der Waals surface area (Å²) in [7, 11) is 2.10. The molecule has 0 radical (unpaired) electrons. The molecule has 0 aromatic carbocycles. The molecule has 3 aliphatic rings. The molecule has 2 aliphatic carbocycles. The van der Waals surface area contributed by atoms with Crippen LogP contribution in [0.3, 0.4) is 0 Å². The summed E-state index contributed by atoms with van der Waals surface area (Å²) in [6.07, 6.45) is 6.93. The molecule has 1 heterocycles. The van der Waals surface area contributed by atoms with Gasteiger partial charge in [0.1, 0.15) is 0 Å². The minimum absolute atomic E-state index is 0.631. The first-order valence-corrected chi connectivity index (χ1v) is 6.89. The monoisotopic (exact) mass is 224 g/mol. The van der Waals surface area contributed by atoms with E-state index < -0.39 is 0 Å². The first kappa shape index (κ1) is 11.0. The van der Waals surface area contributed by atoms with Crippen LogP contribution in [0.5, 0.6) is 0 Å². The Bertz CT molecular complexity index is 238. The van der Waals surface area contributed by atoms with Crippen molar-refractivity contribution in [1.29, 1.82) is 0 Å². The van der Waals surface area contributed by atoms with E-state index in [0.29, 0.717) is 12.1 Å². The molecule has 0 amide bonds. The molecule has 1 saturated heterocycles. The van der Waals surface area contributed by atoms with Gasteiger partial charge in [0.05, 0.1) is 6.61 Å². The molecule has 3 rings (SSSR count).